The van der Waals surface area contributed by atoms with Crippen LogP contribution in [0.4, 0.5) is 5.69 Å². The van der Waals surface area contributed by atoms with Gasteiger partial charge in [-0.25, -0.2) is 0 Å². The fourth-order valence-corrected chi connectivity index (χ4v) is 2.10. The van der Waals surface area contributed by atoms with Gasteiger partial charge in [0.2, 0.25) is 12.3 Å². The van der Waals surface area contributed by atoms with E-state index in [2.05, 4.69) is 15.5 Å². The lowest BCUT2D eigenvalue weighted by Crippen LogP contribution is -2.18. The summed E-state index contributed by atoms with van der Waals surface area (Å²) < 4.78 is 10.8. The van der Waals surface area contributed by atoms with Crippen LogP contribution in [-0.2, 0) is 4.74 Å². The molecule has 18 heavy (non-hydrogen) atoms. The Labute approximate surface area is 105 Å². The number of nitrogens with zero attached hydrogens (tertiary/aromatic N) is 2. The highest BCUT2D eigenvalue weighted by atomic mass is 16.5. The first kappa shape index (κ1) is 11.2. The molecule has 5 heteroatoms. The molecule has 2 heterocycles. The van der Waals surface area contributed by atoms with Crippen LogP contribution < -0.4 is 5.32 Å². The third-order valence-electron chi connectivity index (χ3n) is 3.03. The quantitative estimate of drug-likeness (QED) is 0.895. The van der Waals surface area contributed by atoms with Crippen molar-refractivity contribution in [3.8, 4) is 11.5 Å². The molecule has 1 N–H and O–H groups in total. The first-order chi connectivity index (χ1) is 8.92. The number of hydrogen-bond acceptors (Lipinski definition) is 5. The highest BCUT2D eigenvalue weighted by Gasteiger charge is 2.14. The zero-order valence-corrected chi connectivity index (χ0v) is 10.0. The van der Waals surface area contributed by atoms with Crippen molar-refractivity contribution in [1.29, 1.82) is 0 Å². The van der Waals surface area contributed by atoms with E-state index < -0.39 is 0 Å². The highest BCUT2D eigenvalue weighted by molar-refractivity contribution is 5.60. The molecule has 0 spiro atoms. The zero-order valence-electron chi connectivity index (χ0n) is 10.0. The topological polar surface area (TPSA) is 60.2 Å². The summed E-state index contributed by atoms with van der Waals surface area (Å²) in [5, 5.41) is 11.0. The lowest BCUT2D eigenvalue weighted by atomic mass is 10.2. The van der Waals surface area contributed by atoms with E-state index in [0.29, 0.717) is 12.0 Å². The third kappa shape index (κ3) is 2.51. The Morgan fingerprint density at radius 2 is 2.39 bits per heavy atom. The minimum Gasteiger partial charge on any atom is -0.423 e. The predicted molar refractivity (Wildman–Crippen MR) is 67.2 cm³/mol. The molecule has 3 rings (SSSR count). The molecule has 0 bridgehead atoms. The van der Waals surface area contributed by atoms with Gasteiger partial charge in [-0.2, -0.15) is 0 Å². The van der Waals surface area contributed by atoms with Crippen LogP contribution in [0.15, 0.2) is 35.1 Å². The molecule has 1 unspecified atom stereocenters. The smallest absolute Gasteiger partial charge is 0.247 e. The molecule has 0 saturated carbocycles. The molecule has 0 aliphatic carbocycles. The molecule has 2 aromatic rings. The molecule has 1 aliphatic heterocycles. The van der Waals surface area contributed by atoms with Crippen molar-refractivity contribution in [3.63, 3.8) is 0 Å². The number of ether oxygens (including phenoxy) is 1. The Balaban J connectivity index is 1.67. The van der Waals surface area contributed by atoms with Crippen LogP contribution >= 0.6 is 0 Å². The van der Waals surface area contributed by atoms with Gasteiger partial charge in [0.05, 0.1) is 6.10 Å². The van der Waals surface area contributed by atoms with Crippen LogP contribution in [0.5, 0.6) is 0 Å². The van der Waals surface area contributed by atoms with E-state index in [1.165, 1.54) is 6.39 Å². The van der Waals surface area contributed by atoms with Crippen molar-refractivity contribution < 1.29 is 9.15 Å². The van der Waals surface area contributed by atoms with Gasteiger partial charge in [0.1, 0.15) is 0 Å². The van der Waals surface area contributed by atoms with Gasteiger partial charge < -0.3 is 14.5 Å². The summed E-state index contributed by atoms with van der Waals surface area (Å²) in [6.07, 6.45) is 3.96. The maximum atomic E-state index is 5.57. The summed E-state index contributed by atoms with van der Waals surface area (Å²) in [5.74, 6) is 0.538. The Hall–Kier alpha value is -1.88. The van der Waals surface area contributed by atoms with Crippen molar-refractivity contribution >= 4 is 5.69 Å². The Kier molecular flexibility index (Phi) is 3.23. The van der Waals surface area contributed by atoms with Gasteiger partial charge in [0.15, 0.2) is 0 Å². The fraction of sp³-hybridized carbons (Fsp3) is 0.385. The molecule has 1 aliphatic rings. The van der Waals surface area contributed by atoms with E-state index in [-0.39, 0.29) is 0 Å². The first-order valence-electron chi connectivity index (χ1n) is 6.14. The van der Waals surface area contributed by atoms with Crippen LogP contribution in [0, 0.1) is 0 Å². The van der Waals surface area contributed by atoms with Gasteiger partial charge in [0.25, 0.3) is 0 Å². The SMILES string of the molecule is c1cc(NCC2CCCO2)cc(-c2nnco2)c1. The maximum absolute atomic E-state index is 5.57. The third-order valence-corrected chi connectivity index (χ3v) is 3.03. The molecule has 0 radical (unpaired) electrons. The van der Waals surface area contributed by atoms with E-state index in [1.54, 1.807) is 0 Å². The van der Waals surface area contributed by atoms with Crippen LogP contribution in [-0.4, -0.2) is 29.5 Å². The van der Waals surface area contributed by atoms with Crippen molar-refractivity contribution in [1.82, 2.24) is 10.2 Å². The standard InChI is InChI=1S/C13H15N3O2/c1-3-10(13-16-15-9-18-13)7-11(4-1)14-8-12-5-2-6-17-12/h1,3-4,7,9,12,14H,2,5-6,8H2. The zero-order chi connectivity index (χ0) is 12.2. The van der Waals surface area contributed by atoms with Crippen LogP contribution in [0.1, 0.15) is 12.8 Å². The lowest BCUT2D eigenvalue weighted by molar-refractivity contribution is 0.120. The second-order valence-electron chi connectivity index (χ2n) is 4.34. The first-order valence-corrected chi connectivity index (χ1v) is 6.14. The van der Waals surface area contributed by atoms with E-state index in [4.69, 9.17) is 9.15 Å². The maximum Gasteiger partial charge on any atom is 0.247 e. The number of nitrogens with one attached hydrogen (secondary N) is 1. The molecule has 1 saturated heterocycles. The van der Waals surface area contributed by atoms with Crippen molar-refractivity contribution in [3.05, 3.63) is 30.7 Å². The summed E-state index contributed by atoms with van der Waals surface area (Å²) in [5.41, 5.74) is 1.96. The Morgan fingerprint density at radius 1 is 1.39 bits per heavy atom. The van der Waals surface area contributed by atoms with Crippen LogP contribution in [0.2, 0.25) is 0 Å². The molecule has 1 atom stereocenters. The van der Waals surface area contributed by atoms with Crippen molar-refractivity contribution in [2.45, 2.75) is 18.9 Å². The molecule has 1 aromatic carbocycles. The number of anilines is 1. The van der Waals surface area contributed by atoms with Gasteiger partial charge in [-0.15, -0.1) is 10.2 Å². The largest absolute Gasteiger partial charge is 0.423 e. The average molecular weight is 245 g/mol. The van der Waals surface area contributed by atoms with Crippen LogP contribution in [0.3, 0.4) is 0 Å². The highest BCUT2D eigenvalue weighted by Crippen LogP contribution is 2.21. The van der Waals surface area contributed by atoms with Crippen molar-refractivity contribution in [2.75, 3.05) is 18.5 Å². The van der Waals surface area contributed by atoms with E-state index >= 15 is 0 Å². The van der Waals surface area contributed by atoms with E-state index in [9.17, 15) is 0 Å². The Morgan fingerprint density at radius 3 is 3.17 bits per heavy atom. The minimum atomic E-state index is 0.331. The number of benzene rings is 1. The molecule has 0 amide bonds. The molecular weight excluding hydrogens is 230 g/mol. The summed E-state index contributed by atoms with van der Waals surface area (Å²) in [6.45, 7) is 1.72. The summed E-state index contributed by atoms with van der Waals surface area (Å²) in [7, 11) is 0. The molecular formula is C13H15N3O2. The molecule has 94 valence electrons. The normalized spacial score (nSPS) is 19.0. The van der Waals surface area contributed by atoms with Gasteiger partial charge in [-0.1, -0.05) is 6.07 Å². The van der Waals surface area contributed by atoms with Crippen LogP contribution in [0.25, 0.3) is 11.5 Å². The van der Waals surface area contributed by atoms with Gasteiger partial charge >= 0.3 is 0 Å². The predicted octanol–water partition coefficient (Wildman–Crippen LogP) is 2.33. The second-order valence-corrected chi connectivity index (χ2v) is 4.34. The minimum absolute atomic E-state index is 0.331. The van der Waals surface area contributed by atoms with E-state index in [1.807, 2.05) is 24.3 Å². The number of rotatable bonds is 4. The second kappa shape index (κ2) is 5.18. The number of hydrogen-bond donors (Lipinski definition) is 1. The monoisotopic (exact) mass is 245 g/mol. The summed E-state index contributed by atoms with van der Waals surface area (Å²) >= 11 is 0. The number of aromatic nitrogens is 2. The van der Waals surface area contributed by atoms with Gasteiger partial charge in [0, 0.05) is 24.4 Å². The fourth-order valence-electron chi connectivity index (χ4n) is 2.10. The average Bonchev–Trinajstić information content (AvgIpc) is 3.10. The van der Waals surface area contributed by atoms with Gasteiger partial charge in [-0.3, -0.25) is 0 Å². The Bertz CT molecular complexity index is 493. The summed E-state index contributed by atoms with van der Waals surface area (Å²) in [6, 6.07) is 7.94. The summed E-state index contributed by atoms with van der Waals surface area (Å²) in [4.78, 5) is 0. The lowest BCUT2D eigenvalue weighted by Gasteiger charge is -2.12. The molecule has 1 aromatic heterocycles. The molecule has 1 fully saturated rings. The van der Waals surface area contributed by atoms with Gasteiger partial charge in [-0.05, 0) is 31.0 Å². The van der Waals surface area contributed by atoms with E-state index in [0.717, 1.165) is 37.2 Å². The van der Waals surface area contributed by atoms with Crippen molar-refractivity contribution in [2.24, 2.45) is 0 Å². The molecule has 5 nitrogen and oxygen atoms in total.